The molecule has 6 nitrogen and oxygen atoms in total. The third kappa shape index (κ3) is 6.18. The van der Waals surface area contributed by atoms with E-state index in [-0.39, 0.29) is 5.91 Å². The lowest BCUT2D eigenvalue weighted by Gasteiger charge is -2.33. The highest BCUT2D eigenvalue weighted by atomic mass is 32.2. The average Bonchev–Trinajstić information content (AvgIpc) is 2.77. The van der Waals surface area contributed by atoms with Gasteiger partial charge in [-0.3, -0.25) is 4.79 Å². The monoisotopic (exact) mass is 428 g/mol. The fraction of sp³-hybridized carbons (Fsp3) is 0.348. The van der Waals surface area contributed by atoms with Crippen molar-refractivity contribution in [3.05, 3.63) is 71.1 Å². The number of carbonyl (C=O) groups excluding carboxylic acids is 1. The Morgan fingerprint density at radius 3 is 2.37 bits per heavy atom. The summed E-state index contributed by atoms with van der Waals surface area (Å²) in [7, 11) is -3.49. The molecule has 1 saturated heterocycles. The van der Waals surface area contributed by atoms with Crippen molar-refractivity contribution in [3.8, 4) is 5.75 Å². The fourth-order valence-electron chi connectivity index (χ4n) is 3.29. The van der Waals surface area contributed by atoms with Gasteiger partial charge in [0.05, 0.1) is 6.61 Å². The van der Waals surface area contributed by atoms with E-state index in [1.54, 1.807) is 11.0 Å². The van der Waals surface area contributed by atoms with Gasteiger partial charge in [0.1, 0.15) is 5.75 Å². The third-order valence-electron chi connectivity index (χ3n) is 5.07. The Morgan fingerprint density at radius 2 is 1.67 bits per heavy atom. The third-order valence-corrected chi connectivity index (χ3v) is 6.63. The van der Waals surface area contributed by atoms with Gasteiger partial charge in [0, 0.05) is 38.0 Å². The van der Waals surface area contributed by atoms with Crippen molar-refractivity contribution in [2.45, 2.75) is 19.8 Å². The van der Waals surface area contributed by atoms with E-state index in [9.17, 15) is 13.2 Å². The van der Waals surface area contributed by atoms with Gasteiger partial charge >= 0.3 is 0 Å². The second kappa shape index (κ2) is 10.4. The summed E-state index contributed by atoms with van der Waals surface area (Å²) in [4.78, 5) is 14.2. The van der Waals surface area contributed by atoms with Gasteiger partial charge in [0.25, 0.3) is 0 Å². The minimum Gasteiger partial charge on any atom is -0.493 e. The van der Waals surface area contributed by atoms with Crippen molar-refractivity contribution in [2.24, 2.45) is 0 Å². The van der Waals surface area contributed by atoms with Crippen LogP contribution in [-0.2, 0) is 14.8 Å². The molecule has 0 saturated carbocycles. The van der Waals surface area contributed by atoms with Crippen molar-refractivity contribution in [3.63, 3.8) is 0 Å². The van der Waals surface area contributed by atoms with Crippen molar-refractivity contribution in [1.82, 2.24) is 9.21 Å². The maximum Gasteiger partial charge on any atom is 0.236 e. The van der Waals surface area contributed by atoms with Gasteiger partial charge < -0.3 is 9.64 Å². The van der Waals surface area contributed by atoms with Gasteiger partial charge in [-0.1, -0.05) is 48.5 Å². The Balaban J connectivity index is 1.41. The number of amides is 1. The number of sulfonamides is 1. The summed E-state index contributed by atoms with van der Waals surface area (Å²) in [5, 5.41) is 1.24. The van der Waals surface area contributed by atoms with Crippen LogP contribution in [0.2, 0.25) is 0 Å². The molecule has 0 radical (unpaired) electrons. The standard InChI is InChI=1S/C23H28N2O4S/c1-20-8-5-6-11-22(20)29-18-7-12-23(26)24-14-16-25(17-15-24)30(27,28)19-13-21-9-3-2-4-10-21/h2-6,8-11,13,19H,7,12,14-18H2,1H3/b19-13+. The smallest absolute Gasteiger partial charge is 0.236 e. The van der Waals surface area contributed by atoms with E-state index in [0.717, 1.165) is 16.9 Å². The van der Waals surface area contributed by atoms with E-state index < -0.39 is 10.0 Å². The van der Waals surface area contributed by atoms with Gasteiger partial charge in [-0.2, -0.15) is 4.31 Å². The van der Waals surface area contributed by atoms with E-state index in [1.807, 2.05) is 61.5 Å². The molecule has 0 N–H and O–H groups in total. The number of aryl methyl sites for hydroxylation is 1. The Kier molecular flexibility index (Phi) is 7.65. The van der Waals surface area contributed by atoms with Crippen molar-refractivity contribution in [2.75, 3.05) is 32.8 Å². The van der Waals surface area contributed by atoms with Gasteiger partial charge in [-0.25, -0.2) is 8.42 Å². The van der Waals surface area contributed by atoms with E-state index in [4.69, 9.17) is 4.74 Å². The highest BCUT2D eigenvalue weighted by Crippen LogP contribution is 2.17. The second-order valence-corrected chi connectivity index (χ2v) is 9.07. The van der Waals surface area contributed by atoms with Crippen LogP contribution in [0, 0.1) is 6.92 Å². The zero-order valence-electron chi connectivity index (χ0n) is 17.2. The fourth-order valence-corrected chi connectivity index (χ4v) is 4.46. The van der Waals surface area contributed by atoms with E-state index in [0.29, 0.717) is 45.6 Å². The summed E-state index contributed by atoms with van der Waals surface area (Å²) in [6, 6.07) is 17.1. The van der Waals surface area contributed by atoms with E-state index in [2.05, 4.69) is 0 Å². The Hall–Kier alpha value is -2.64. The highest BCUT2D eigenvalue weighted by molar-refractivity contribution is 7.92. The van der Waals surface area contributed by atoms with E-state index >= 15 is 0 Å². The summed E-state index contributed by atoms with van der Waals surface area (Å²) in [5.74, 6) is 0.882. The van der Waals surface area contributed by atoms with Crippen LogP contribution < -0.4 is 4.74 Å². The molecule has 1 heterocycles. The number of hydrogen-bond acceptors (Lipinski definition) is 4. The highest BCUT2D eigenvalue weighted by Gasteiger charge is 2.27. The zero-order chi connectivity index (χ0) is 21.4. The first kappa shape index (κ1) is 22.1. The minimum atomic E-state index is -3.49. The summed E-state index contributed by atoms with van der Waals surface area (Å²) in [6.45, 7) is 3.92. The molecular formula is C23H28N2O4S. The van der Waals surface area contributed by atoms with Crippen LogP contribution in [0.4, 0.5) is 0 Å². The second-order valence-electron chi connectivity index (χ2n) is 7.26. The lowest BCUT2D eigenvalue weighted by atomic mass is 10.2. The number of ether oxygens (including phenoxy) is 1. The lowest BCUT2D eigenvalue weighted by Crippen LogP contribution is -2.50. The molecule has 1 amide bonds. The first-order chi connectivity index (χ1) is 14.5. The quantitative estimate of drug-likeness (QED) is 0.605. The molecule has 0 aromatic heterocycles. The average molecular weight is 429 g/mol. The lowest BCUT2D eigenvalue weighted by molar-refractivity contribution is -0.132. The van der Waals surface area contributed by atoms with Gasteiger partial charge in [0.15, 0.2) is 0 Å². The Morgan fingerprint density at radius 1 is 1.00 bits per heavy atom. The maximum atomic E-state index is 12.5. The molecular weight excluding hydrogens is 400 g/mol. The molecule has 1 aliphatic rings. The normalized spacial score (nSPS) is 15.4. The van der Waals surface area contributed by atoms with E-state index in [1.165, 1.54) is 9.71 Å². The SMILES string of the molecule is Cc1ccccc1OCCCC(=O)N1CCN(S(=O)(=O)/C=C/c2ccccc2)CC1. The summed E-state index contributed by atoms with van der Waals surface area (Å²) >= 11 is 0. The Labute approximate surface area is 178 Å². The molecule has 2 aromatic rings. The molecule has 0 bridgehead atoms. The van der Waals surface area contributed by atoms with Gasteiger partial charge in [0.2, 0.25) is 15.9 Å². The number of rotatable bonds is 8. The van der Waals surface area contributed by atoms with Crippen molar-refractivity contribution >= 4 is 22.0 Å². The van der Waals surface area contributed by atoms with Crippen LogP contribution in [0.3, 0.4) is 0 Å². The molecule has 0 atom stereocenters. The summed E-state index contributed by atoms with van der Waals surface area (Å²) < 4.78 is 32.2. The summed E-state index contributed by atoms with van der Waals surface area (Å²) in [5.41, 5.74) is 1.91. The molecule has 1 aliphatic heterocycles. The number of hydrogen-bond donors (Lipinski definition) is 0. The van der Waals surface area contributed by atoms with Crippen LogP contribution >= 0.6 is 0 Å². The number of para-hydroxylation sites is 1. The molecule has 0 aliphatic carbocycles. The number of carbonyl (C=O) groups is 1. The van der Waals surface area contributed by atoms with Crippen molar-refractivity contribution < 1.29 is 17.9 Å². The maximum absolute atomic E-state index is 12.5. The molecule has 160 valence electrons. The largest absolute Gasteiger partial charge is 0.493 e. The van der Waals surface area contributed by atoms with Crippen LogP contribution in [0.1, 0.15) is 24.0 Å². The summed E-state index contributed by atoms with van der Waals surface area (Å²) in [6.07, 6.45) is 2.62. The van der Waals surface area contributed by atoms with Crippen LogP contribution in [0.5, 0.6) is 5.75 Å². The molecule has 1 fully saturated rings. The first-order valence-corrected chi connectivity index (χ1v) is 11.7. The predicted molar refractivity (Wildman–Crippen MR) is 118 cm³/mol. The minimum absolute atomic E-state index is 0.0419. The molecule has 0 unspecified atom stereocenters. The van der Waals surface area contributed by atoms with Crippen molar-refractivity contribution in [1.29, 1.82) is 0 Å². The molecule has 30 heavy (non-hydrogen) atoms. The zero-order valence-corrected chi connectivity index (χ0v) is 18.1. The molecule has 0 spiro atoms. The van der Waals surface area contributed by atoms with Gasteiger partial charge in [-0.05, 0) is 36.6 Å². The number of nitrogens with zero attached hydrogens (tertiary/aromatic N) is 2. The van der Waals surface area contributed by atoms with Crippen LogP contribution in [0.25, 0.3) is 6.08 Å². The first-order valence-electron chi connectivity index (χ1n) is 10.2. The Bertz CT molecular complexity index is 966. The topological polar surface area (TPSA) is 66.9 Å². The molecule has 7 heteroatoms. The van der Waals surface area contributed by atoms with Crippen LogP contribution in [-0.4, -0.2) is 56.3 Å². The molecule has 2 aromatic carbocycles. The number of piperazine rings is 1. The number of benzene rings is 2. The molecule has 3 rings (SSSR count). The predicted octanol–water partition coefficient (Wildman–Crippen LogP) is 3.30. The van der Waals surface area contributed by atoms with Gasteiger partial charge in [-0.15, -0.1) is 0 Å². The van der Waals surface area contributed by atoms with Crippen LogP contribution in [0.15, 0.2) is 60.0 Å².